The van der Waals surface area contributed by atoms with Gasteiger partial charge in [0.1, 0.15) is 0 Å². The van der Waals surface area contributed by atoms with E-state index in [0.717, 1.165) is 29.4 Å². The Balaban J connectivity index is 1.20. The molecule has 0 bridgehead atoms. The molecule has 3 aliphatic heterocycles. The lowest BCUT2D eigenvalue weighted by Crippen LogP contribution is -2.51. The summed E-state index contributed by atoms with van der Waals surface area (Å²) in [6, 6.07) is 17.6. The zero-order valence-electron chi connectivity index (χ0n) is 17.0. The van der Waals surface area contributed by atoms with Crippen molar-refractivity contribution in [3.8, 4) is 0 Å². The summed E-state index contributed by atoms with van der Waals surface area (Å²) < 4.78 is 5.48. The third-order valence-corrected chi connectivity index (χ3v) is 7.53. The summed E-state index contributed by atoms with van der Waals surface area (Å²) in [6.07, 6.45) is 0.680. The molecule has 5 rings (SSSR count). The lowest BCUT2D eigenvalue weighted by molar-refractivity contribution is -0.154. The Morgan fingerprint density at radius 2 is 1.68 bits per heavy atom. The van der Waals surface area contributed by atoms with Crippen LogP contribution in [-0.2, 0) is 19.1 Å². The fraction of sp³-hybridized carbons (Fsp3) is 0.348. The normalized spacial score (nSPS) is 22.3. The van der Waals surface area contributed by atoms with Gasteiger partial charge in [0, 0.05) is 49.6 Å². The van der Waals surface area contributed by atoms with Gasteiger partial charge in [-0.05, 0) is 24.3 Å². The molecule has 0 radical (unpaired) electrons. The second-order valence-electron chi connectivity index (χ2n) is 7.86. The van der Waals surface area contributed by atoms with Crippen LogP contribution in [-0.4, -0.2) is 60.3 Å². The number of nitrogens with zero attached hydrogens (tertiary/aromatic N) is 3. The molecule has 0 spiro atoms. The van der Waals surface area contributed by atoms with Crippen LogP contribution < -0.4 is 9.80 Å². The van der Waals surface area contributed by atoms with Crippen LogP contribution in [0.4, 0.5) is 11.4 Å². The predicted octanol–water partition coefficient (Wildman–Crippen LogP) is 2.51. The Hall–Kier alpha value is -3.00. The number of amides is 2. The van der Waals surface area contributed by atoms with Gasteiger partial charge in [0.15, 0.2) is 11.5 Å². The summed E-state index contributed by atoms with van der Waals surface area (Å²) in [7, 11) is 0. The number of fused-ring (bicyclic) bond motifs is 3. The van der Waals surface area contributed by atoms with Gasteiger partial charge in [-0.15, -0.1) is 0 Å². The van der Waals surface area contributed by atoms with Gasteiger partial charge in [0.05, 0.1) is 5.69 Å². The number of anilines is 2. The van der Waals surface area contributed by atoms with Crippen molar-refractivity contribution in [3.05, 3.63) is 54.6 Å². The van der Waals surface area contributed by atoms with Crippen LogP contribution in [0.1, 0.15) is 12.8 Å². The molecule has 0 saturated carbocycles. The molecule has 31 heavy (non-hydrogen) atoms. The quantitative estimate of drug-likeness (QED) is 0.685. The minimum Gasteiger partial charge on any atom is -0.453 e. The van der Waals surface area contributed by atoms with Gasteiger partial charge >= 0.3 is 5.97 Å². The van der Waals surface area contributed by atoms with Gasteiger partial charge in [0.25, 0.3) is 5.91 Å². The number of para-hydroxylation sites is 2. The summed E-state index contributed by atoms with van der Waals surface area (Å²) in [5, 5.41) is 0. The van der Waals surface area contributed by atoms with Crippen LogP contribution in [0, 0.1) is 0 Å². The van der Waals surface area contributed by atoms with Crippen molar-refractivity contribution in [3.63, 3.8) is 0 Å². The number of benzene rings is 2. The zero-order chi connectivity index (χ0) is 21.4. The first-order valence-corrected chi connectivity index (χ1v) is 11.3. The highest BCUT2D eigenvalue weighted by Crippen LogP contribution is 2.56. The second kappa shape index (κ2) is 7.92. The summed E-state index contributed by atoms with van der Waals surface area (Å²) in [6.45, 7) is 2.34. The number of piperazine rings is 1. The summed E-state index contributed by atoms with van der Waals surface area (Å²) >= 11 is 1.35. The topological polar surface area (TPSA) is 70.2 Å². The minimum atomic E-state index is -1.09. The Labute approximate surface area is 184 Å². The monoisotopic (exact) mass is 437 g/mol. The molecule has 2 amide bonds. The molecule has 0 aliphatic carbocycles. The molecule has 2 fully saturated rings. The first-order chi connectivity index (χ1) is 15.1. The van der Waals surface area contributed by atoms with Crippen molar-refractivity contribution in [2.45, 2.75) is 22.6 Å². The largest absolute Gasteiger partial charge is 0.453 e. The number of hydrogen-bond acceptors (Lipinski definition) is 6. The van der Waals surface area contributed by atoms with E-state index < -0.39 is 10.8 Å². The Morgan fingerprint density at radius 1 is 0.968 bits per heavy atom. The second-order valence-corrected chi connectivity index (χ2v) is 9.18. The maximum atomic E-state index is 13.1. The summed E-state index contributed by atoms with van der Waals surface area (Å²) in [4.78, 5) is 43.6. The van der Waals surface area contributed by atoms with Crippen LogP contribution in [0.5, 0.6) is 0 Å². The van der Waals surface area contributed by atoms with E-state index in [1.54, 1.807) is 9.80 Å². The minimum absolute atomic E-state index is 0.0854. The van der Waals surface area contributed by atoms with E-state index in [1.807, 2.05) is 42.5 Å². The molecular weight excluding hydrogens is 414 g/mol. The highest BCUT2D eigenvalue weighted by atomic mass is 32.2. The molecule has 2 saturated heterocycles. The van der Waals surface area contributed by atoms with Gasteiger partial charge in [-0.25, -0.2) is 4.79 Å². The molecule has 0 aromatic heterocycles. The van der Waals surface area contributed by atoms with Crippen molar-refractivity contribution in [1.82, 2.24) is 4.90 Å². The number of thioether (sulfide) groups is 1. The van der Waals surface area contributed by atoms with E-state index in [2.05, 4.69) is 17.0 Å². The van der Waals surface area contributed by atoms with Crippen LogP contribution in [0.25, 0.3) is 0 Å². The number of ether oxygens (including phenoxy) is 1. The van der Waals surface area contributed by atoms with Crippen molar-refractivity contribution in [2.24, 2.45) is 0 Å². The third-order valence-electron chi connectivity index (χ3n) is 6.07. The van der Waals surface area contributed by atoms with Crippen molar-refractivity contribution < 1.29 is 19.1 Å². The van der Waals surface area contributed by atoms with E-state index in [9.17, 15) is 14.4 Å². The summed E-state index contributed by atoms with van der Waals surface area (Å²) in [5.41, 5.74) is 1.89. The Bertz CT molecular complexity index is 1020. The van der Waals surface area contributed by atoms with Gasteiger partial charge < -0.3 is 14.5 Å². The van der Waals surface area contributed by atoms with E-state index >= 15 is 0 Å². The molecule has 0 unspecified atom stereocenters. The van der Waals surface area contributed by atoms with E-state index in [0.29, 0.717) is 25.9 Å². The molecule has 2 aromatic rings. The maximum absolute atomic E-state index is 13.1. The van der Waals surface area contributed by atoms with Crippen LogP contribution >= 0.6 is 11.8 Å². The SMILES string of the molecule is O=C(COC(=O)[C@@]12CCC(=O)N1c1ccccc1S2)N1CCN(c2ccccc2)CC1. The van der Waals surface area contributed by atoms with E-state index in [4.69, 9.17) is 4.74 Å². The summed E-state index contributed by atoms with van der Waals surface area (Å²) in [5.74, 6) is -0.803. The first-order valence-electron chi connectivity index (χ1n) is 10.4. The lowest BCUT2D eigenvalue weighted by Gasteiger charge is -2.36. The van der Waals surface area contributed by atoms with Crippen LogP contribution in [0.2, 0.25) is 0 Å². The van der Waals surface area contributed by atoms with Crippen molar-refractivity contribution >= 4 is 40.9 Å². The average Bonchev–Trinajstić information content (AvgIpc) is 3.33. The Kier molecular flexibility index (Phi) is 5.09. The smallest absolute Gasteiger partial charge is 0.344 e. The number of hydrogen-bond donors (Lipinski definition) is 0. The van der Waals surface area contributed by atoms with Gasteiger partial charge in [0.2, 0.25) is 5.91 Å². The van der Waals surface area contributed by atoms with Gasteiger partial charge in [-0.2, -0.15) is 0 Å². The molecule has 2 aromatic carbocycles. The zero-order valence-corrected chi connectivity index (χ0v) is 17.8. The predicted molar refractivity (Wildman–Crippen MR) is 118 cm³/mol. The molecule has 3 heterocycles. The van der Waals surface area contributed by atoms with E-state index in [-0.39, 0.29) is 18.4 Å². The molecular formula is C23H23N3O4S. The van der Waals surface area contributed by atoms with E-state index in [1.165, 1.54) is 11.8 Å². The number of carbonyl (C=O) groups is 3. The first kappa shape index (κ1) is 19.9. The van der Waals surface area contributed by atoms with Crippen LogP contribution in [0.15, 0.2) is 59.5 Å². The average molecular weight is 438 g/mol. The molecule has 160 valence electrons. The van der Waals surface area contributed by atoms with Gasteiger partial charge in [-0.1, -0.05) is 42.1 Å². The number of carbonyl (C=O) groups excluding carboxylic acids is 3. The molecule has 7 nitrogen and oxygen atoms in total. The molecule has 0 N–H and O–H groups in total. The fourth-order valence-corrected chi connectivity index (χ4v) is 5.87. The molecule has 1 atom stereocenters. The number of rotatable bonds is 4. The maximum Gasteiger partial charge on any atom is 0.344 e. The fourth-order valence-electron chi connectivity index (χ4n) is 4.46. The van der Waals surface area contributed by atoms with Gasteiger partial charge in [-0.3, -0.25) is 14.5 Å². The third kappa shape index (κ3) is 3.44. The van der Waals surface area contributed by atoms with Crippen LogP contribution in [0.3, 0.4) is 0 Å². The molecule has 8 heteroatoms. The van der Waals surface area contributed by atoms with Crippen molar-refractivity contribution in [2.75, 3.05) is 42.6 Å². The highest BCUT2D eigenvalue weighted by Gasteiger charge is 2.58. The van der Waals surface area contributed by atoms with Crippen molar-refractivity contribution in [1.29, 1.82) is 0 Å². The standard InChI is InChI=1S/C23H23N3O4S/c27-20-10-11-23(26(20)18-8-4-5-9-19(18)31-23)22(29)30-16-21(28)25-14-12-24(13-15-25)17-6-2-1-3-7-17/h1-9H,10-16H2/t23-/m0/s1. The molecule has 3 aliphatic rings. The Morgan fingerprint density at radius 3 is 2.45 bits per heavy atom. The lowest BCUT2D eigenvalue weighted by atomic mass is 10.2. The highest BCUT2D eigenvalue weighted by molar-refractivity contribution is 8.02. The number of esters is 1.